The summed E-state index contributed by atoms with van der Waals surface area (Å²) in [6.45, 7) is 4.48. The largest absolute Gasteiger partial charge is 0.478 e. The molecule has 0 radical (unpaired) electrons. The van der Waals surface area contributed by atoms with Crippen molar-refractivity contribution in [2.24, 2.45) is 0 Å². The van der Waals surface area contributed by atoms with Gasteiger partial charge in [0, 0.05) is 13.1 Å². The van der Waals surface area contributed by atoms with Crippen LogP contribution < -0.4 is 0 Å². The fourth-order valence-corrected chi connectivity index (χ4v) is 2.34. The third kappa shape index (κ3) is 2.96. The van der Waals surface area contributed by atoms with Crippen molar-refractivity contribution in [2.75, 3.05) is 13.1 Å². The highest BCUT2D eigenvalue weighted by atomic mass is 19.1. The molecule has 108 valence electrons. The molecule has 2 atom stereocenters. The Morgan fingerprint density at radius 2 is 1.90 bits per heavy atom. The normalized spacial score (nSPS) is 22.6. The van der Waals surface area contributed by atoms with Gasteiger partial charge in [-0.2, -0.15) is 0 Å². The molecule has 0 bridgehead atoms. The summed E-state index contributed by atoms with van der Waals surface area (Å²) in [7, 11) is 0. The Bertz CT molecular complexity index is 536. The lowest BCUT2D eigenvalue weighted by Gasteiger charge is -2.35. The maximum Gasteiger partial charge on any atom is 0.335 e. The lowest BCUT2D eigenvalue weighted by Crippen LogP contribution is -2.48. The number of hydrogen-bond donors (Lipinski definition) is 1. The number of ether oxygens (including phenoxy) is 1. The molecule has 20 heavy (non-hydrogen) atoms. The minimum absolute atomic E-state index is 0.107. The van der Waals surface area contributed by atoms with Crippen molar-refractivity contribution < 1.29 is 23.8 Å². The van der Waals surface area contributed by atoms with Crippen LogP contribution in [0.3, 0.4) is 0 Å². The summed E-state index contributed by atoms with van der Waals surface area (Å²) in [5, 5.41) is 8.78. The van der Waals surface area contributed by atoms with Gasteiger partial charge in [0.2, 0.25) is 0 Å². The van der Waals surface area contributed by atoms with Crippen molar-refractivity contribution in [3.05, 3.63) is 35.1 Å². The molecule has 1 aromatic carbocycles. The van der Waals surface area contributed by atoms with Gasteiger partial charge in [-0.15, -0.1) is 0 Å². The molecule has 1 N–H and O–H groups in total. The Hall–Kier alpha value is -1.95. The molecule has 1 saturated heterocycles. The number of nitrogens with zero attached hydrogens (tertiary/aromatic N) is 1. The Morgan fingerprint density at radius 1 is 1.30 bits per heavy atom. The van der Waals surface area contributed by atoms with Gasteiger partial charge in [0.05, 0.1) is 23.3 Å². The fourth-order valence-electron chi connectivity index (χ4n) is 2.34. The highest BCUT2D eigenvalue weighted by Gasteiger charge is 2.28. The summed E-state index contributed by atoms with van der Waals surface area (Å²) in [5.41, 5.74) is -0.293. The van der Waals surface area contributed by atoms with Gasteiger partial charge in [0.1, 0.15) is 5.82 Å². The van der Waals surface area contributed by atoms with Crippen molar-refractivity contribution in [1.29, 1.82) is 0 Å². The number of carbonyl (C=O) groups is 2. The van der Waals surface area contributed by atoms with E-state index in [9.17, 15) is 14.0 Å². The van der Waals surface area contributed by atoms with E-state index < -0.39 is 17.7 Å². The first kappa shape index (κ1) is 14.5. The SMILES string of the molecule is CC1CN(C(=O)c2ccc(C(=O)O)cc2F)CC(C)O1. The predicted molar refractivity (Wildman–Crippen MR) is 69.3 cm³/mol. The average molecular weight is 281 g/mol. The molecule has 1 aromatic rings. The Kier molecular flexibility index (Phi) is 4.04. The standard InChI is InChI=1S/C14H16FNO4/c1-8-6-16(7-9(2)20-8)13(17)11-4-3-10(14(18)19)5-12(11)15/h3-5,8-9H,6-7H2,1-2H3,(H,18,19). The second-order valence-corrected chi connectivity index (χ2v) is 4.97. The first-order valence-corrected chi connectivity index (χ1v) is 6.36. The minimum Gasteiger partial charge on any atom is -0.478 e. The smallest absolute Gasteiger partial charge is 0.335 e. The molecule has 0 saturated carbocycles. The van der Waals surface area contributed by atoms with Crippen LogP contribution in [0, 0.1) is 5.82 Å². The van der Waals surface area contributed by atoms with Gasteiger partial charge < -0.3 is 14.7 Å². The molecule has 1 amide bonds. The number of aromatic carboxylic acids is 1. The highest BCUT2D eigenvalue weighted by molar-refractivity contribution is 5.96. The molecular formula is C14H16FNO4. The van der Waals surface area contributed by atoms with E-state index >= 15 is 0 Å². The second-order valence-electron chi connectivity index (χ2n) is 4.97. The summed E-state index contributed by atoms with van der Waals surface area (Å²) in [6, 6.07) is 3.31. The quantitative estimate of drug-likeness (QED) is 0.897. The van der Waals surface area contributed by atoms with Gasteiger partial charge in [0.25, 0.3) is 5.91 Å². The van der Waals surface area contributed by atoms with E-state index in [2.05, 4.69) is 0 Å². The molecule has 0 spiro atoms. The number of carbonyl (C=O) groups excluding carboxylic acids is 1. The Balaban J connectivity index is 2.23. The average Bonchev–Trinajstić information content (AvgIpc) is 2.36. The monoisotopic (exact) mass is 281 g/mol. The number of morpholine rings is 1. The molecule has 0 aromatic heterocycles. The lowest BCUT2D eigenvalue weighted by molar-refractivity contribution is -0.0587. The number of rotatable bonds is 2. The van der Waals surface area contributed by atoms with E-state index in [0.29, 0.717) is 13.1 Å². The molecule has 1 aliphatic heterocycles. The van der Waals surface area contributed by atoms with Crippen LogP contribution in [0.2, 0.25) is 0 Å². The number of halogens is 1. The first-order chi connectivity index (χ1) is 9.38. The van der Waals surface area contributed by atoms with Gasteiger partial charge >= 0.3 is 5.97 Å². The summed E-state index contributed by atoms with van der Waals surface area (Å²) in [5.74, 6) is -2.49. The molecular weight excluding hydrogens is 265 g/mol. The van der Waals surface area contributed by atoms with E-state index in [4.69, 9.17) is 9.84 Å². The van der Waals surface area contributed by atoms with E-state index in [1.807, 2.05) is 13.8 Å². The molecule has 1 aliphatic rings. The van der Waals surface area contributed by atoms with Crippen LogP contribution in [0.25, 0.3) is 0 Å². The molecule has 0 aliphatic carbocycles. The number of amides is 1. The topological polar surface area (TPSA) is 66.8 Å². The third-order valence-electron chi connectivity index (χ3n) is 3.15. The lowest BCUT2D eigenvalue weighted by atomic mass is 10.1. The van der Waals surface area contributed by atoms with E-state index in [1.54, 1.807) is 0 Å². The maximum absolute atomic E-state index is 13.9. The van der Waals surface area contributed by atoms with Crippen molar-refractivity contribution in [1.82, 2.24) is 4.90 Å². The van der Waals surface area contributed by atoms with E-state index in [0.717, 1.165) is 6.07 Å². The zero-order chi connectivity index (χ0) is 14.9. The molecule has 2 rings (SSSR count). The predicted octanol–water partition coefficient (Wildman–Crippen LogP) is 1.77. The fraction of sp³-hybridized carbons (Fsp3) is 0.429. The summed E-state index contributed by atoms with van der Waals surface area (Å²) in [4.78, 5) is 24.5. The molecule has 2 unspecified atom stereocenters. The number of carboxylic acids is 1. The van der Waals surface area contributed by atoms with Crippen molar-refractivity contribution in [3.8, 4) is 0 Å². The maximum atomic E-state index is 13.9. The molecule has 6 heteroatoms. The number of carboxylic acid groups (broad SMARTS) is 1. The second kappa shape index (κ2) is 5.58. The van der Waals surface area contributed by atoms with Crippen molar-refractivity contribution in [3.63, 3.8) is 0 Å². The van der Waals surface area contributed by atoms with Gasteiger partial charge in [-0.3, -0.25) is 4.79 Å². The van der Waals surface area contributed by atoms with Crippen LogP contribution in [0.4, 0.5) is 4.39 Å². The van der Waals surface area contributed by atoms with Crippen LogP contribution in [0.1, 0.15) is 34.6 Å². The Labute approximate surface area is 116 Å². The minimum atomic E-state index is -1.23. The molecule has 5 nitrogen and oxygen atoms in total. The molecule has 1 fully saturated rings. The van der Waals surface area contributed by atoms with E-state index in [1.165, 1.54) is 17.0 Å². The van der Waals surface area contributed by atoms with Gasteiger partial charge in [0.15, 0.2) is 0 Å². The third-order valence-corrected chi connectivity index (χ3v) is 3.15. The first-order valence-electron chi connectivity index (χ1n) is 6.36. The van der Waals surface area contributed by atoms with E-state index in [-0.39, 0.29) is 23.3 Å². The summed E-state index contributed by atoms with van der Waals surface area (Å²) < 4.78 is 19.4. The zero-order valence-electron chi connectivity index (χ0n) is 11.3. The van der Waals surface area contributed by atoms with Crippen LogP contribution in [0.5, 0.6) is 0 Å². The number of benzene rings is 1. The molecule has 1 heterocycles. The van der Waals surface area contributed by atoms with Crippen LogP contribution in [-0.4, -0.2) is 47.2 Å². The van der Waals surface area contributed by atoms with Crippen LogP contribution in [0.15, 0.2) is 18.2 Å². The van der Waals surface area contributed by atoms with Crippen LogP contribution >= 0.6 is 0 Å². The van der Waals surface area contributed by atoms with Crippen molar-refractivity contribution >= 4 is 11.9 Å². The van der Waals surface area contributed by atoms with Gasteiger partial charge in [-0.1, -0.05) is 0 Å². The summed E-state index contributed by atoms with van der Waals surface area (Å²) >= 11 is 0. The number of hydrogen-bond acceptors (Lipinski definition) is 3. The highest BCUT2D eigenvalue weighted by Crippen LogP contribution is 2.17. The Morgan fingerprint density at radius 3 is 2.40 bits per heavy atom. The van der Waals surface area contributed by atoms with Crippen LogP contribution in [-0.2, 0) is 4.74 Å². The zero-order valence-corrected chi connectivity index (χ0v) is 11.3. The van der Waals surface area contributed by atoms with Crippen molar-refractivity contribution in [2.45, 2.75) is 26.1 Å². The van der Waals surface area contributed by atoms with Gasteiger partial charge in [-0.25, -0.2) is 9.18 Å². The van der Waals surface area contributed by atoms with Gasteiger partial charge in [-0.05, 0) is 32.0 Å². The summed E-state index contributed by atoms with van der Waals surface area (Å²) in [6.07, 6.45) is -0.215.